The number of halogens is 1. The first-order valence-electron chi connectivity index (χ1n) is 13.3. The normalized spacial score (nSPS) is 17.7. The summed E-state index contributed by atoms with van der Waals surface area (Å²) in [5, 5.41) is 20.2. The molecule has 1 fully saturated rings. The van der Waals surface area contributed by atoms with Gasteiger partial charge >= 0.3 is 0 Å². The topological polar surface area (TPSA) is 119 Å². The van der Waals surface area contributed by atoms with Crippen molar-refractivity contribution in [3.8, 4) is 11.4 Å². The average molecular weight is 533 g/mol. The van der Waals surface area contributed by atoms with Gasteiger partial charge in [-0.1, -0.05) is 42.5 Å². The molecule has 0 saturated carbocycles. The summed E-state index contributed by atoms with van der Waals surface area (Å²) in [7, 11) is 0. The summed E-state index contributed by atoms with van der Waals surface area (Å²) in [5.41, 5.74) is 2.40. The van der Waals surface area contributed by atoms with Gasteiger partial charge in [-0.3, -0.25) is 9.59 Å². The number of carbonyl (C=O) groups excluding carboxylic acids is 2. The Balaban J connectivity index is 1.26. The molecule has 2 amide bonds. The van der Waals surface area contributed by atoms with E-state index in [0.717, 1.165) is 11.1 Å². The molecule has 2 unspecified atom stereocenters. The summed E-state index contributed by atoms with van der Waals surface area (Å²) < 4.78 is 13.3. The van der Waals surface area contributed by atoms with Gasteiger partial charge in [0, 0.05) is 50.7 Å². The number of aromatic nitrogens is 2. The Hall–Kier alpha value is -4.05. The van der Waals surface area contributed by atoms with Crippen LogP contribution in [0.2, 0.25) is 0 Å². The molecular formula is C29H33FN6O3. The van der Waals surface area contributed by atoms with Gasteiger partial charge in [0.2, 0.25) is 11.8 Å². The maximum Gasteiger partial charge on any atom is 0.245 e. The predicted octanol–water partition coefficient (Wildman–Crippen LogP) is 3.14. The third kappa shape index (κ3) is 6.17. The molecule has 9 nitrogen and oxygen atoms in total. The molecule has 5 rings (SSSR count). The molecule has 3 heterocycles. The lowest BCUT2D eigenvalue weighted by Gasteiger charge is -2.35. The highest BCUT2D eigenvalue weighted by molar-refractivity contribution is 5.88. The highest BCUT2D eigenvalue weighted by atomic mass is 19.1. The minimum absolute atomic E-state index is 0.00632. The second-order valence-electron chi connectivity index (χ2n) is 10.1. The summed E-state index contributed by atoms with van der Waals surface area (Å²) in [6.45, 7) is 3.49. The molecule has 0 bridgehead atoms. The average Bonchev–Trinajstić information content (AvgIpc) is 3.40. The number of rotatable bonds is 8. The molecule has 1 saturated heterocycles. The summed E-state index contributed by atoms with van der Waals surface area (Å²) in [6.07, 6.45) is 1.09. The van der Waals surface area contributed by atoms with Crippen LogP contribution in [-0.4, -0.2) is 64.0 Å². The molecule has 3 aromatic rings. The fraction of sp³-hybridized carbons (Fsp3) is 0.379. The van der Waals surface area contributed by atoms with E-state index in [1.807, 2.05) is 35.2 Å². The number of hydrogen-bond acceptors (Lipinski definition) is 7. The maximum atomic E-state index is 13.5. The molecule has 1 aromatic heterocycles. The number of anilines is 2. The highest BCUT2D eigenvalue weighted by Gasteiger charge is 2.36. The van der Waals surface area contributed by atoms with Crippen LogP contribution in [-0.2, 0) is 16.0 Å². The lowest BCUT2D eigenvalue weighted by atomic mass is 9.87. The fourth-order valence-electron chi connectivity index (χ4n) is 5.24. The number of amides is 2. The Morgan fingerprint density at radius 1 is 1.08 bits per heavy atom. The number of fused-ring (bicyclic) bond motifs is 1. The van der Waals surface area contributed by atoms with E-state index in [4.69, 9.17) is 9.97 Å². The van der Waals surface area contributed by atoms with Crippen LogP contribution >= 0.6 is 0 Å². The number of aliphatic hydroxyl groups is 1. The SMILES string of the molecule is CC(=O)NCCNc1nc(-c2ccccc2)nc2c1CC(C(=O)N1CCC(C(O)c3ccc(F)cc3)CC1)N2. The van der Waals surface area contributed by atoms with Crippen LogP contribution < -0.4 is 16.0 Å². The Morgan fingerprint density at radius 2 is 1.79 bits per heavy atom. The van der Waals surface area contributed by atoms with E-state index in [0.29, 0.717) is 68.5 Å². The number of aliphatic hydroxyl groups excluding tert-OH is 1. The van der Waals surface area contributed by atoms with Gasteiger partial charge < -0.3 is 26.0 Å². The number of carbonyl (C=O) groups is 2. The van der Waals surface area contributed by atoms with Crippen molar-refractivity contribution in [3.63, 3.8) is 0 Å². The largest absolute Gasteiger partial charge is 0.388 e. The summed E-state index contributed by atoms with van der Waals surface area (Å²) in [6, 6.07) is 15.1. The summed E-state index contributed by atoms with van der Waals surface area (Å²) in [4.78, 5) is 36.1. The van der Waals surface area contributed by atoms with E-state index >= 15 is 0 Å². The van der Waals surface area contributed by atoms with Crippen molar-refractivity contribution >= 4 is 23.5 Å². The van der Waals surface area contributed by atoms with Crippen LogP contribution in [0.25, 0.3) is 11.4 Å². The van der Waals surface area contributed by atoms with Gasteiger partial charge in [0.1, 0.15) is 23.5 Å². The van der Waals surface area contributed by atoms with Crippen LogP contribution in [0.5, 0.6) is 0 Å². The van der Waals surface area contributed by atoms with Crippen molar-refractivity contribution in [2.75, 3.05) is 36.8 Å². The Kier molecular flexibility index (Phi) is 8.02. The monoisotopic (exact) mass is 532 g/mol. The molecule has 2 atom stereocenters. The number of hydrogen-bond donors (Lipinski definition) is 4. The van der Waals surface area contributed by atoms with Gasteiger partial charge in [0.15, 0.2) is 5.82 Å². The first-order chi connectivity index (χ1) is 18.9. The molecule has 0 spiro atoms. The van der Waals surface area contributed by atoms with E-state index in [2.05, 4.69) is 16.0 Å². The minimum atomic E-state index is -0.686. The van der Waals surface area contributed by atoms with Crippen molar-refractivity contribution in [1.29, 1.82) is 0 Å². The van der Waals surface area contributed by atoms with Gasteiger partial charge in [-0.25, -0.2) is 14.4 Å². The van der Waals surface area contributed by atoms with Crippen molar-refractivity contribution in [2.24, 2.45) is 5.92 Å². The Labute approximate surface area is 226 Å². The maximum absolute atomic E-state index is 13.5. The van der Waals surface area contributed by atoms with Gasteiger partial charge in [-0.05, 0) is 36.5 Å². The van der Waals surface area contributed by atoms with E-state index in [1.54, 1.807) is 12.1 Å². The molecule has 39 heavy (non-hydrogen) atoms. The Morgan fingerprint density at radius 3 is 2.49 bits per heavy atom. The number of benzene rings is 2. The third-order valence-corrected chi connectivity index (χ3v) is 7.36. The number of nitrogens with zero attached hydrogens (tertiary/aromatic N) is 3. The summed E-state index contributed by atoms with van der Waals surface area (Å²) in [5.74, 6) is 1.39. The predicted molar refractivity (Wildman–Crippen MR) is 146 cm³/mol. The lowest BCUT2D eigenvalue weighted by molar-refractivity contribution is -0.134. The van der Waals surface area contributed by atoms with Crippen LogP contribution in [0.15, 0.2) is 54.6 Å². The summed E-state index contributed by atoms with van der Waals surface area (Å²) >= 11 is 0. The zero-order chi connectivity index (χ0) is 27.4. The molecule has 10 heteroatoms. The fourth-order valence-corrected chi connectivity index (χ4v) is 5.24. The zero-order valence-electron chi connectivity index (χ0n) is 21.9. The van der Waals surface area contributed by atoms with E-state index in [9.17, 15) is 19.1 Å². The van der Waals surface area contributed by atoms with Gasteiger partial charge in [-0.2, -0.15) is 0 Å². The number of piperidine rings is 1. The van der Waals surface area contributed by atoms with Crippen LogP contribution in [0.1, 0.15) is 37.0 Å². The molecule has 2 aliphatic rings. The van der Waals surface area contributed by atoms with Gasteiger partial charge in [0.05, 0.1) is 6.10 Å². The molecule has 0 radical (unpaired) electrons. The van der Waals surface area contributed by atoms with Crippen molar-refractivity contribution in [1.82, 2.24) is 20.2 Å². The molecule has 2 aliphatic heterocycles. The molecule has 0 aliphatic carbocycles. The molecule has 4 N–H and O–H groups in total. The molecular weight excluding hydrogens is 499 g/mol. The standard InChI is InChI=1S/C29H33FN6O3/c1-18(37)31-13-14-32-27-23-17-24(33-28(23)35-26(34-27)21-5-3-2-4-6-21)29(39)36-15-11-20(12-16-36)25(38)19-7-9-22(30)10-8-19/h2-10,20,24-25,38H,11-17H2,1H3,(H,31,37)(H2,32,33,34,35). The molecule has 204 valence electrons. The van der Waals surface area contributed by atoms with Gasteiger partial charge in [0.25, 0.3) is 0 Å². The zero-order valence-corrected chi connectivity index (χ0v) is 21.9. The minimum Gasteiger partial charge on any atom is -0.388 e. The smallest absolute Gasteiger partial charge is 0.245 e. The van der Waals surface area contributed by atoms with Crippen molar-refractivity contribution < 1.29 is 19.1 Å². The molecule has 2 aromatic carbocycles. The van der Waals surface area contributed by atoms with E-state index in [-0.39, 0.29) is 23.5 Å². The third-order valence-electron chi connectivity index (χ3n) is 7.36. The number of likely N-dealkylation sites (tertiary alicyclic amines) is 1. The Bertz CT molecular complexity index is 1310. The van der Waals surface area contributed by atoms with Gasteiger partial charge in [-0.15, -0.1) is 0 Å². The van der Waals surface area contributed by atoms with Crippen LogP contribution in [0.4, 0.5) is 16.0 Å². The second-order valence-corrected chi connectivity index (χ2v) is 10.1. The first-order valence-corrected chi connectivity index (χ1v) is 13.3. The van der Waals surface area contributed by atoms with Crippen molar-refractivity contribution in [2.45, 2.75) is 38.3 Å². The van der Waals surface area contributed by atoms with Crippen LogP contribution in [0.3, 0.4) is 0 Å². The van der Waals surface area contributed by atoms with E-state index < -0.39 is 12.1 Å². The second kappa shape index (κ2) is 11.8. The highest BCUT2D eigenvalue weighted by Crippen LogP contribution is 2.35. The lowest BCUT2D eigenvalue weighted by Crippen LogP contribution is -2.46. The number of nitrogens with one attached hydrogen (secondary N) is 3. The van der Waals surface area contributed by atoms with Crippen LogP contribution in [0, 0.1) is 11.7 Å². The first kappa shape index (κ1) is 26.6. The van der Waals surface area contributed by atoms with E-state index in [1.165, 1.54) is 19.1 Å². The quantitative estimate of drug-likeness (QED) is 0.329. The van der Waals surface area contributed by atoms with Crippen molar-refractivity contribution in [3.05, 3.63) is 71.5 Å².